The number of methoxy groups -OCH3 is 1. The van der Waals surface area contributed by atoms with E-state index in [4.69, 9.17) is 4.74 Å². The van der Waals surface area contributed by atoms with Gasteiger partial charge in [-0.2, -0.15) is 0 Å². The van der Waals surface area contributed by atoms with Crippen molar-refractivity contribution in [2.45, 2.75) is 20.2 Å². The third-order valence-electron chi connectivity index (χ3n) is 1.57. The highest BCUT2D eigenvalue weighted by Crippen LogP contribution is 1.88. The standard InChI is InChI=1S/C7H17BNO/c1-4-9(8-2)6-5-7-10-3/h4-7H2,1-3H3. The molecular formula is C7H17BNO. The van der Waals surface area contributed by atoms with E-state index in [0.29, 0.717) is 0 Å². The average Bonchev–Trinajstić information content (AvgIpc) is 1.99. The number of hydrogen-bond acceptors (Lipinski definition) is 2. The lowest BCUT2D eigenvalue weighted by atomic mass is 9.96. The molecular weight excluding hydrogens is 125 g/mol. The first-order valence-electron chi connectivity index (χ1n) is 3.87. The molecule has 0 bridgehead atoms. The summed E-state index contributed by atoms with van der Waals surface area (Å²) in [5, 5.41) is 0. The highest BCUT2D eigenvalue weighted by molar-refractivity contribution is 6.29. The zero-order valence-electron chi connectivity index (χ0n) is 7.26. The summed E-state index contributed by atoms with van der Waals surface area (Å²) in [5.41, 5.74) is 0. The summed E-state index contributed by atoms with van der Waals surface area (Å²) >= 11 is 0. The van der Waals surface area contributed by atoms with E-state index >= 15 is 0 Å². The number of nitrogens with zero attached hydrogens (tertiary/aromatic N) is 1. The first kappa shape index (κ1) is 9.98. The summed E-state index contributed by atoms with van der Waals surface area (Å²) in [6.07, 6.45) is 1.12. The Morgan fingerprint density at radius 1 is 1.50 bits per heavy atom. The first-order valence-corrected chi connectivity index (χ1v) is 3.87. The molecule has 2 nitrogen and oxygen atoms in total. The molecule has 0 saturated carbocycles. The monoisotopic (exact) mass is 142 g/mol. The van der Waals surface area contributed by atoms with Crippen molar-refractivity contribution >= 4 is 7.41 Å². The maximum atomic E-state index is 4.94. The maximum Gasteiger partial charge on any atom is 0.205 e. The van der Waals surface area contributed by atoms with E-state index in [0.717, 1.165) is 26.1 Å². The quantitative estimate of drug-likeness (QED) is 0.405. The van der Waals surface area contributed by atoms with Crippen molar-refractivity contribution in [2.24, 2.45) is 0 Å². The van der Waals surface area contributed by atoms with Gasteiger partial charge in [0.2, 0.25) is 7.41 Å². The fraction of sp³-hybridized carbons (Fsp3) is 1.00. The van der Waals surface area contributed by atoms with E-state index in [9.17, 15) is 0 Å². The van der Waals surface area contributed by atoms with Gasteiger partial charge >= 0.3 is 0 Å². The third kappa shape index (κ3) is 4.83. The fourth-order valence-corrected chi connectivity index (χ4v) is 0.882. The molecule has 0 unspecified atom stereocenters. The Labute approximate surface area is 64.8 Å². The topological polar surface area (TPSA) is 12.5 Å². The molecule has 0 spiro atoms. The van der Waals surface area contributed by atoms with Gasteiger partial charge in [0.1, 0.15) is 0 Å². The summed E-state index contributed by atoms with van der Waals surface area (Å²) in [6.45, 7) is 7.30. The van der Waals surface area contributed by atoms with Gasteiger partial charge in [-0.3, -0.25) is 0 Å². The molecule has 3 heteroatoms. The van der Waals surface area contributed by atoms with Crippen LogP contribution in [0.15, 0.2) is 0 Å². The van der Waals surface area contributed by atoms with Crippen LogP contribution in [0.5, 0.6) is 0 Å². The Bertz CT molecular complexity index is 66.6. The van der Waals surface area contributed by atoms with Crippen molar-refractivity contribution in [3.8, 4) is 0 Å². The minimum absolute atomic E-state index is 0.865. The molecule has 0 fully saturated rings. The largest absolute Gasteiger partial charge is 0.385 e. The van der Waals surface area contributed by atoms with Crippen LogP contribution in [0.25, 0.3) is 0 Å². The van der Waals surface area contributed by atoms with Gasteiger partial charge in [0.25, 0.3) is 0 Å². The highest BCUT2D eigenvalue weighted by Gasteiger charge is 1.97. The van der Waals surface area contributed by atoms with Crippen LogP contribution in [0.4, 0.5) is 0 Å². The first-order chi connectivity index (χ1) is 4.85. The van der Waals surface area contributed by atoms with Gasteiger partial charge in [0.05, 0.1) is 0 Å². The molecule has 0 aromatic carbocycles. The Hall–Kier alpha value is -0.0151. The molecule has 0 aliphatic rings. The van der Waals surface area contributed by atoms with Gasteiger partial charge in [-0.05, 0) is 19.5 Å². The SMILES string of the molecule is C[B]N(CC)CCCOC. The second kappa shape index (κ2) is 7.10. The molecule has 0 heterocycles. The van der Waals surface area contributed by atoms with Crippen LogP contribution in [0.3, 0.4) is 0 Å². The van der Waals surface area contributed by atoms with Crippen LogP contribution >= 0.6 is 0 Å². The van der Waals surface area contributed by atoms with Crippen molar-refractivity contribution in [2.75, 3.05) is 26.8 Å². The molecule has 1 radical (unpaired) electrons. The summed E-state index contributed by atoms with van der Waals surface area (Å²) in [4.78, 5) is 2.28. The summed E-state index contributed by atoms with van der Waals surface area (Å²) in [5.74, 6) is 0. The van der Waals surface area contributed by atoms with Gasteiger partial charge in [-0.1, -0.05) is 13.7 Å². The number of ether oxygens (including phenoxy) is 1. The van der Waals surface area contributed by atoms with Crippen molar-refractivity contribution in [3.05, 3.63) is 0 Å². The second-order valence-electron chi connectivity index (χ2n) is 2.23. The average molecular weight is 142 g/mol. The number of hydrogen-bond donors (Lipinski definition) is 0. The second-order valence-corrected chi connectivity index (χ2v) is 2.23. The van der Waals surface area contributed by atoms with Crippen LogP contribution in [0.2, 0.25) is 6.82 Å². The Morgan fingerprint density at radius 2 is 2.20 bits per heavy atom. The van der Waals surface area contributed by atoms with Crippen LogP contribution in [0, 0.1) is 0 Å². The van der Waals surface area contributed by atoms with Gasteiger partial charge in [-0.15, -0.1) is 0 Å². The van der Waals surface area contributed by atoms with Crippen molar-refractivity contribution in [1.82, 2.24) is 4.81 Å². The smallest absolute Gasteiger partial charge is 0.205 e. The molecule has 0 aromatic heterocycles. The Morgan fingerprint density at radius 3 is 2.60 bits per heavy atom. The van der Waals surface area contributed by atoms with E-state index in [1.54, 1.807) is 7.11 Å². The zero-order chi connectivity index (χ0) is 7.82. The van der Waals surface area contributed by atoms with Gasteiger partial charge < -0.3 is 9.55 Å². The minimum Gasteiger partial charge on any atom is -0.385 e. The molecule has 0 aliphatic carbocycles. The predicted molar refractivity (Wildman–Crippen MR) is 45.4 cm³/mol. The molecule has 0 aliphatic heterocycles. The summed E-state index contributed by atoms with van der Waals surface area (Å²) < 4.78 is 4.94. The minimum atomic E-state index is 0.865. The van der Waals surface area contributed by atoms with Gasteiger partial charge in [0, 0.05) is 13.7 Å². The van der Waals surface area contributed by atoms with E-state index in [1.165, 1.54) is 0 Å². The third-order valence-corrected chi connectivity index (χ3v) is 1.57. The fourth-order valence-electron chi connectivity index (χ4n) is 0.882. The van der Waals surface area contributed by atoms with Gasteiger partial charge in [0.15, 0.2) is 0 Å². The molecule has 0 amide bonds. The number of rotatable bonds is 6. The summed E-state index contributed by atoms with van der Waals surface area (Å²) in [6, 6.07) is 0. The molecule has 10 heavy (non-hydrogen) atoms. The molecule has 0 aromatic rings. The highest BCUT2D eigenvalue weighted by atomic mass is 16.5. The van der Waals surface area contributed by atoms with Crippen LogP contribution in [-0.2, 0) is 4.74 Å². The van der Waals surface area contributed by atoms with Crippen LogP contribution in [0.1, 0.15) is 13.3 Å². The Kier molecular flexibility index (Phi) is 7.09. The van der Waals surface area contributed by atoms with Crippen LogP contribution < -0.4 is 0 Å². The Balaban J connectivity index is 3.09. The van der Waals surface area contributed by atoms with Crippen LogP contribution in [-0.4, -0.2) is 39.0 Å². The van der Waals surface area contributed by atoms with E-state index in [2.05, 4.69) is 26.0 Å². The van der Waals surface area contributed by atoms with E-state index in [1.807, 2.05) is 0 Å². The summed E-state index contributed by atoms with van der Waals surface area (Å²) in [7, 11) is 3.86. The molecule has 59 valence electrons. The van der Waals surface area contributed by atoms with Crippen molar-refractivity contribution in [3.63, 3.8) is 0 Å². The lowest BCUT2D eigenvalue weighted by Crippen LogP contribution is -2.27. The van der Waals surface area contributed by atoms with Crippen molar-refractivity contribution < 1.29 is 4.74 Å². The lowest BCUT2D eigenvalue weighted by Gasteiger charge is -2.16. The van der Waals surface area contributed by atoms with E-state index < -0.39 is 0 Å². The predicted octanol–water partition coefficient (Wildman–Crippen LogP) is 1.01. The molecule has 0 saturated heterocycles. The maximum absolute atomic E-state index is 4.94. The molecule has 0 rings (SSSR count). The lowest BCUT2D eigenvalue weighted by molar-refractivity contribution is 0.188. The van der Waals surface area contributed by atoms with E-state index in [-0.39, 0.29) is 0 Å². The molecule has 0 N–H and O–H groups in total. The van der Waals surface area contributed by atoms with Crippen molar-refractivity contribution in [1.29, 1.82) is 0 Å². The zero-order valence-corrected chi connectivity index (χ0v) is 7.26. The van der Waals surface area contributed by atoms with Gasteiger partial charge in [-0.25, -0.2) is 0 Å². The normalized spacial score (nSPS) is 10.4. The molecule has 0 atom stereocenters.